The molecule has 0 fully saturated rings. The van der Waals surface area contributed by atoms with E-state index in [0.717, 1.165) is 6.29 Å². The molecule has 26 valence electrons. The topological polar surface area (TPSA) is 17.1 Å². The first-order chi connectivity index (χ1) is 1.91. The Morgan fingerprint density at radius 2 is 2.00 bits per heavy atom. The van der Waals surface area contributed by atoms with E-state index in [-0.39, 0.29) is 29.6 Å². The van der Waals surface area contributed by atoms with Crippen molar-refractivity contribution in [2.24, 2.45) is 0 Å². The first kappa shape index (κ1) is 9.64. The van der Waals surface area contributed by atoms with Crippen molar-refractivity contribution in [2.45, 2.75) is 0 Å². The minimum atomic E-state index is 0. The van der Waals surface area contributed by atoms with E-state index in [9.17, 15) is 0 Å². The van der Waals surface area contributed by atoms with Gasteiger partial charge in [-0.05, 0) is 0 Å². The van der Waals surface area contributed by atoms with E-state index < -0.39 is 0 Å². The van der Waals surface area contributed by atoms with Gasteiger partial charge in [0.2, 0.25) is 0 Å². The zero-order valence-electron chi connectivity index (χ0n) is 2.07. The maximum absolute atomic E-state index is 9.17. The number of rotatable bonds is 1. The third kappa shape index (κ3) is 10.8. The monoisotopic (exact) mass is 194 g/mol. The van der Waals surface area contributed by atoms with Crippen LogP contribution in [0.1, 0.15) is 0 Å². The molecular formula is C2H4INaO. The van der Waals surface area contributed by atoms with Crippen LogP contribution in [0.15, 0.2) is 0 Å². The number of hydrogen-bond donors (Lipinski definition) is 0. The van der Waals surface area contributed by atoms with Gasteiger partial charge in [0.1, 0.15) is 6.29 Å². The Hall–Kier alpha value is 1.40. The number of carbonyl (C=O) groups excluding carboxylic acids is 1. The SMILES string of the molecule is O=CCI.[NaH]. The summed E-state index contributed by atoms with van der Waals surface area (Å²) in [4.78, 5) is 9.17. The number of aldehydes is 1. The van der Waals surface area contributed by atoms with Gasteiger partial charge in [-0.15, -0.1) is 0 Å². The van der Waals surface area contributed by atoms with Gasteiger partial charge >= 0.3 is 29.6 Å². The summed E-state index contributed by atoms with van der Waals surface area (Å²) >= 11 is 1.98. The molecule has 5 heavy (non-hydrogen) atoms. The van der Waals surface area contributed by atoms with Crippen molar-refractivity contribution in [3.05, 3.63) is 0 Å². The number of hydrogen-bond acceptors (Lipinski definition) is 1. The van der Waals surface area contributed by atoms with Crippen LogP contribution in [-0.2, 0) is 4.79 Å². The predicted molar refractivity (Wildman–Crippen MR) is 32.1 cm³/mol. The Bertz CT molecular complexity index is 23.6. The Kier molecular flexibility index (Phi) is 17.4. The summed E-state index contributed by atoms with van der Waals surface area (Å²) in [5, 5.41) is 0. The van der Waals surface area contributed by atoms with Crippen molar-refractivity contribution in [1.29, 1.82) is 0 Å². The van der Waals surface area contributed by atoms with Gasteiger partial charge in [0.15, 0.2) is 0 Å². The molecule has 0 spiro atoms. The van der Waals surface area contributed by atoms with Gasteiger partial charge in [-0.25, -0.2) is 0 Å². The molecule has 0 aromatic rings. The molecule has 0 bridgehead atoms. The molecule has 0 saturated carbocycles. The summed E-state index contributed by atoms with van der Waals surface area (Å²) in [6.45, 7) is 0. The summed E-state index contributed by atoms with van der Waals surface area (Å²) in [6, 6.07) is 0. The second-order valence-electron chi connectivity index (χ2n) is 0.321. The van der Waals surface area contributed by atoms with E-state index in [1.165, 1.54) is 0 Å². The summed E-state index contributed by atoms with van der Waals surface area (Å²) in [5.41, 5.74) is 0. The van der Waals surface area contributed by atoms with E-state index in [2.05, 4.69) is 0 Å². The fraction of sp³-hybridized carbons (Fsp3) is 0.500. The van der Waals surface area contributed by atoms with Crippen molar-refractivity contribution in [2.75, 3.05) is 4.43 Å². The fourth-order valence-corrected chi connectivity index (χ4v) is 0. The second-order valence-corrected chi connectivity index (χ2v) is 1.20. The second kappa shape index (κ2) is 9.04. The fourth-order valence-electron chi connectivity index (χ4n) is 0. The quantitative estimate of drug-likeness (QED) is 0.248. The van der Waals surface area contributed by atoms with Crippen LogP contribution >= 0.6 is 22.6 Å². The average Bonchev–Trinajstić information content (AvgIpc) is 1.37. The molecule has 0 amide bonds. The molecule has 0 aliphatic carbocycles. The number of halogens is 1. The molecule has 0 heterocycles. The van der Waals surface area contributed by atoms with Gasteiger partial charge in [-0.2, -0.15) is 0 Å². The van der Waals surface area contributed by atoms with Crippen LogP contribution < -0.4 is 0 Å². The van der Waals surface area contributed by atoms with Crippen LogP contribution in [0.5, 0.6) is 0 Å². The molecule has 0 aliphatic heterocycles. The molecule has 0 radical (unpaired) electrons. The molecule has 0 aliphatic rings. The van der Waals surface area contributed by atoms with Gasteiger partial charge in [-0.1, -0.05) is 22.6 Å². The Morgan fingerprint density at radius 1 is 1.80 bits per heavy atom. The van der Waals surface area contributed by atoms with Crippen LogP contribution in [0.25, 0.3) is 0 Å². The summed E-state index contributed by atoms with van der Waals surface area (Å²) in [7, 11) is 0. The van der Waals surface area contributed by atoms with Gasteiger partial charge < -0.3 is 4.79 Å². The molecule has 0 aromatic heterocycles. The number of alkyl halides is 1. The minimum absolute atomic E-state index is 0. The maximum atomic E-state index is 9.17. The third-order valence-electron chi connectivity index (χ3n) is 0.0630. The van der Waals surface area contributed by atoms with E-state index in [0.29, 0.717) is 4.43 Å². The van der Waals surface area contributed by atoms with Crippen LogP contribution in [0.4, 0.5) is 0 Å². The normalized spacial score (nSPS) is 5.00. The Labute approximate surface area is 66.9 Å². The van der Waals surface area contributed by atoms with Gasteiger partial charge in [0.05, 0.1) is 4.43 Å². The zero-order chi connectivity index (χ0) is 3.41. The molecule has 0 rings (SSSR count). The van der Waals surface area contributed by atoms with Crippen molar-refractivity contribution < 1.29 is 4.79 Å². The first-order valence-corrected chi connectivity index (χ1v) is 2.44. The van der Waals surface area contributed by atoms with Crippen molar-refractivity contribution in [3.8, 4) is 0 Å². The third-order valence-corrected chi connectivity index (χ3v) is 0.423. The molecule has 0 atom stereocenters. The molecule has 0 saturated heterocycles. The molecule has 0 aromatic carbocycles. The Balaban J connectivity index is 0. The van der Waals surface area contributed by atoms with Gasteiger partial charge in [-0.3, -0.25) is 0 Å². The zero-order valence-corrected chi connectivity index (χ0v) is 4.23. The van der Waals surface area contributed by atoms with Crippen LogP contribution in [0.3, 0.4) is 0 Å². The molecule has 1 nitrogen and oxygen atoms in total. The summed E-state index contributed by atoms with van der Waals surface area (Å²) < 4.78 is 0.609. The molecule has 3 heteroatoms. The van der Waals surface area contributed by atoms with E-state index in [1.807, 2.05) is 22.6 Å². The predicted octanol–water partition coefficient (Wildman–Crippen LogP) is -0.0282. The Morgan fingerprint density at radius 3 is 2.00 bits per heavy atom. The van der Waals surface area contributed by atoms with Crippen LogP contribution in [0.2, 0.25) is 0 Å². The van der Waals surface area contributed by atoms with Crippen LogP contribution in [0, 0.1) is 0 Å². The van der Waals surface area contributed by atoms with Crippen molar-refractivity contribution in [3.63, 3.8) is 0 Å². The molecule has 0 unspecified atom stereocenters. The average molecular weight is 194 g/mol. The van der Waals surface area contributed by atoms with Crippen molar-refractivity contribution in [1.82, 2.24) is 0 Å². The summed E-state index contributed by atoms with van der Waals surface area (Å²) in [6.07, 6.45) is 0.862. The van der Waals surface area contributed by atoms with E-state index in [1.54, 1.807) is 0 Å². The van der Waals surface area contributed by atoms with E-state index in [4.69, 9.17) is 4.79 Å². The first-order valence-electron chi connectivity index (χ1n) is 0.911. The van der Waals surface area contributed by atoms with Crippen LogP contribution in [-0.4, -0.2) is 40.3 Å². The van der Waals surface area contributed by atoms with Gasteiger partial charge in [0, 0.05) is 0 Å². The van der Waals surface area contributed by atoms with E-state index >= 15 is 0 Å². The standard InChI is InChI=1S/C2H3IO.Na.H/c3-1-2-4;;/h2H,1H2;;. The molecular weight excluding hydrogens is 190 g/mol. The number of carbonyl (C=O) groups is 1. The molecule has 0 N–H and O–H groups in total. The van der Waals surface area contributed by atoms with Gasteiger partial charge in [0.25, 0.3) is 0 Å². The van der Waals surface area contributed by atoms with Crippen molar-refractivity contribution >= 4 is 58.4 Å². The summed E-state index contributed by atoms with van der Waals surface area (Å²) in [5.74, 6) is 0.